The fraction of sp³-hybridized carbons (Fsp3) is 0.357. The Morgan fingerprint density at radius 2 is 2.38 bits per heavy atom. The number of amidine groups is 1. The molecule has 24 heavy (non-hydrogen) atoms. The van der Waals surface area contributed by atoms with Gasteiger partial charge in [-0.2, -0.15) is 12.6 Å². The highest BCUT2D eigenvalue weighted by Crippen LogP contribution is 2.24. The zero-order chi connectivity index (χ0) is 17.7. The van der Waals surface area contributed by atoms with E-state index in [1.807, 2.05) is 0 Å². The Morgan fingerprint density at radius 3 is 3.00 bits per heavy atom. The van der Waals surface area contributed by atoms with Crippen molar-refractivity contribution in [3.8, 4) is 0 Å². The summed E-state index contributed by atoms with van der Waals surface area (Å²) < 4.78 is 19.3. The number of rotatable bonds is 6. The number of benzene rings is 1. The smallest absolute Gasteiger partial charge is 0.414 e. The van der Waals surface area contributed by atoms with E-state index in [4.69, 9.17) is 10.5 Å². The highest BCUT2D eigenvalue weighted by atomic mass is 32.1. The highest BCUT2D eigenvalue weighted by molar-refractivity contribution is 7.81. The molecule has 0 unspecified atom stereocenters. The molecule has 1 fully saturated rings. The van der Waals surface area contributed by atoms with Gasteiger partial charge in [0.15, 0.2) is 5.84 Å². The fourth-order valence-electron chi connectivity index (χ4n) is 2.15. The summed E-state index contributed by atoms with van der Waals surface area (Å²) in [6.45, 7) is 0.349. The molecule has 1 aliphatic rings. The van der Waals surface area contributed by atoms with Crippen molar-refractivity contribution < 1.29 is 23.6 Å². The molecule has 3 N–H and O–H groups in total. The Bertz CT molecular complexity index is 670. The van der Waals surface area contributed by atoms with Crippen LogP contribution in [-0.4, -0.2) is 49.9 Å². The van der Waals surface area contributed by atoms with Crippen molar-refractivity contribution in [1.29, 1.82) is 0 Å². The number of oxime groups is 1. The van der Waals surface area contributed by atoms with E-state index in [1.54, 1.807) is 0 Å². The molecule has 1 aromatic rings. The Hall–Kier alpha value is -2.49. The Kier molecular flexibility index (Phi) is 5.85. The summed E-state index contributed by atoms with van der Waals surface area (Å²) in [5.74, 6) is -0.985. The van der Waals surface area contributed by atoms with Gasteiger partial charge in [-0.3, -0.25) is 9.69 Å². The summed E-state index contributed by atoms with van der Waals surface area (Å²) in [5, 5.41) is 6.04. The van der Waals surface area contributed by atoms with Crippen LogP contribution in [0.2, 0.25) is 0 Å². The number of hydrogen-bond donors (Lipinski definition) is 3. The van der Waals surface area contributed by atoms with Crippen LogP contribution >= 0.6 is 12.6 Å². The largest absolute Gasteiger partial charge is 0.442 e. The molecule has 0 radical (unpaired) electrons. The van der Waals surface area contributed by atoms with Crippen LogP contribution in [0.25, 0.3) is 0 Å². The van der Waals surface area contributed by atoms with Gasteiger partial charge in [-0.1, -0.05) is 5.16 Å². The topological polar surface area (TPSA) is 106 Å². The number of halogens is 1. The van der Waals surface area contributed by atoms with E-state index >= 15 is 0 Å². The van der Waals surface area contributed by atoms with E-state index < -0.39 is 18.0 Å². The number of nitrogens with one attached hydrogen (secondary N) is 1. The Balaban J connectivity index is 2.09. The number of ether oxygens (including phenoxy) is 1. The Morgan fingerprint density at radius 1 is 1.62 bits per heavy atom. The van der Waals surface area contributed by atoms with E-state index in [-0.39, 0.29) is 36.1 Å². The molecule has 1 aromatic carbocycles. The first-order valence-electron chi connectivity index (χ1n) is 6.98. The molecule has 10 heteroatoms. The van der Waals surface area contributed by atoms with Gasteiger partial charge in [0.2, 0.25) is 5.91 Å². The molecule has 1 aliphatic heterocycles. The van der Waals surface area contributed by atoms with Crippen LogP contribution in [0.1, 0.15) is 5.56 Å². The molecule has 2 amide bonds. The summed E-state index contributed by atoms with van der Waals surface area (Å²) in [7, 11) is 1.30. The molecule has 1 atom stereocenters. The molecular weight excluding hydrogens is 339 g/mol. The third-order valence-corrected chi connectivity index (χ3v) is 3.56. The van der Waals surface area contributed by atoms with Gasteiger partial charge in [0.1, 0.15) is 19.0 Å². The normalized spacial score (nSPS) is 17.6. The number of amides is 2. The number of cyclic esters (lactones) is 1. The third-order valence-electron chi connectivity index (χ3n) is 3.27. The predicted molar refractivity (Wildman–Crippen MR) is 88.6 cm³/mol. The van der Waals surface area contributed by atoms with Crippen LogP contribution in [-0.2, 0) is 14.4 Å². The lowest BCUT2D eigenvalue weighted by atomic mass is 10.1. The molecule has 0 aromatic heterocycles. The van der Waals surface area contributed by atoms with Crippen molar-refractivity contribution >= 4 is 36.2 Å². The first-order chi connectivity index (χ1) is 11.5. The molecular formula is C14H17FN4O4S. The van der Waals surface area contributed by atoms with E-state index in [0.717, 1.165) is 6.07 Å². The molecule has 0 saturated carbocycles. The maximum Gasteiger partial charge on any atom is 0.414 e. The van der Waals surface area contributed by atoms with Crippen LogP contribution in [0.15, 0.2) is 23.4 Å². The first kappa shape index (κ1) is 17.9. The average Bonchev–Trinajstić information content (AvgIpc) is 2.93. The van der Waals surface area contributed by atoms with Crippen molar-refractivity contribution in [3.05, 3.63) is 29.6 Å². The molecule has 1 saturated heterocycles. The van der Waals surface area contributed by atoms with Crippen molar-refractivity contribution in [2.24, 2.45) is 10.9 Å². The monoisotopic (exact) mass is 356 g/mol. The van der Waals surface area contributed by atoms with E-state index in [2.05, 4.69) is 27.9 Å². The quantitative estimate of drug-likeness (QED) is 0.297. The SMILES string of the molecule is CON=C(N)c1ccc(N2C[C@H](CNC(=O)CS)OC2=O)cc1F. The molecule has 8 nitrogen and oxygen atoms in total. The molecule has 0 spiro atoms. The lowest BCUT2D eigenvalue weighted by molar-refractivity contribution is -0.118. The van der Waals surface area contributed by atoms with Crippen LogP contribution in [0, 0.1) is 5.82 Å². The maximum absolute atomic E-state index is 14.1. The number of nitrogens with two attached hydrogens (primary N) is 1. The number of carbonyl (C=O) groups is 2. The van der Waals surface area contributed by atoms with Gasteiger partial charge < -0.3 is 20.6 Å². The predicted octanol–water partition coefficient (Wildman–Crippen LogP) is 0.464. The zero-order valence-corrected chi connectivity index (χ0v) is 13.8. The fourth-order valence-corrected chi connectivity index (χ4v) is 2.26. The van der Waals surface area contributed by atoms with Crippen LogP contribution < -0.4 is 16.0 Å². The standard InChI is InChI=1S/C14H17FN4O4S/c1-22-18-13(16)10-3-2-8(4-11(10)15)19-6-9(23-14(19)21)5-17-12(20)7-24/h2-4,9,24H,5-7H2,1H3,(H2,16,18)(H,17,20)/t9-/m0/s1. The van der Waals surface area contributed by atoms with Crippen LogP contribution in [0.5, 0.6) is 0 Å². The van der Waals surface area contributed by atoms with Crippen molar-refractivity contribution in [3.63, 3.8) is 0 Å². The molecule has 0 aliphatic carbocycles. The summed E-state index contributed by atoms with van der Waals surface area (Å²) in [4.78, 5) is 28.9. The van der Waals surface area contributed by atoms with Crippen LogP contribution in [0.3, 0.4) is 0 Å². The van der Waals surface area contributed by atoms with Gasteiger partial charge in [0, 0.05) is 0 Å². The average molecular weight is 356 g/mol. The summed E-state index contributed by atoms with van der Waals surface area (Å²) in [6, 6.07) is 4.07. The maximum atomic E-state index is 14.1. The molecule has 1 heterocycles. The van der Waals surface area contributed by atoms with Crippen LogP contribution in [0.4, 0.5) is 14.9 Å². The number of hydrogen-bond acceptors (Lipinski definition) is 6. The minimum atomic E-state index is -0.648. The minimum Gasteiger partial charge on any atom is -0.442 e. The number of anilines is 1. The lowest BCUT2D eigenvalue weighted by Crippen LogP contribution is -2.35. The van der Waals surface area contributed by atoms with E-state index in [1.165, 1.54) is 24.1 Å². The summed E-state index contributed by atoms with van der Waals surface area (Å²) in [5.41, 5.74) is 5.95. The molecule has 2 rings (SSSR count). The Labute approximate surface area is 143 Å². The summed E-state index contributed by atoms with van der Waals surface area (Å²) in [6.07, 6.45) is -1.14. The van der Waals surface area contributed by atoms with Crippen molar-refractivity contribution in [2.45, 2.75) is 6.10 Å². The highest BCUT2D eigenvalue weighted by Gasteiger charge is 2.32. The van der Waals surface area contributed by atoms with Crippen molar-refractivity contribution in [1.82, 2.24) is 5.32 Å². The molecule has 0 bridgehead atoms. The van der Waals surface area contributed by atoms with E-state index in [0.29, 0.717) is 5.69 Å². The molecule has 130 valence electrons. The van der Waals surface area contributed by atoms with Gasteiger partial charge in [0.25, 0.3) is 0 Å². The van der Waals surface area contributed by atoms with E-state index in [9.17, 15) is 14.0 Å². The first-order valence-corrected chi connectivity index (χ1v) is 7.61. The minimum absolute atomic E-state index is 0.0432. The number of thiol groups is 1. The van der Waals surface area contributed by atoms with Gasteiger partial charge in [-0.15, -0.1) is 0 Å². The van der Waals surface area contributed by atoms with Crippen molar-refractivity contribution in [2.75, 3.05) is 30.9 Å². The van der Waals surface area contributed by atoms with Gasteiger partial charge >= 0.3 is 6.09 Å². The second kappa shape index (κ2) is 7.86. The number of nitrogens with zero attached hydrogens (tertiary/aromatic N) is 2. The van der Waals surface area contributed by atoms with Gasteiger partial charge in [0.05, 0.1) is 30.1 Å². The summed E-state index contributed by atoms with van der Waals surface area (Å²) >= 11 is 3.84. The second-order valence-electron chi connectivity index (χ2n) is 4.90. The third kappa shape index (κ3) is 4.07. The zero-order valence-electron chi connectivity index (χ0n) is 12.9. The lowest BCUT2D eigenvalue weighted by Gasteiger charge is -2.14. The number of carbonyl (C=O) groups excluding carboxylic acids is 2. The second-order valence-corrected chi connectivity index (χ2v) is 5.22. The van der Waals surface area contributed by atoms with Gasteiger partial charge in [-0.05, 0) is 18.2 Å². The van der Waals surface area contributed by atoms with Gasteiger partial charge in [-0.25, -0.2) is 9.18 Å².